The predicted molar refractivity (Wildman–Crippen MR) is 89.1 cm³/mol. The Balaban J connectivity index is 1.93. The molecule has 3 rings (SSSR count). The molecule has 2 aromatic carbocycles. The van der Waals surface area contributed by atoms with Gasteiger partial charge in [-0.2, -0.15) is 10.2 Å². The molecule has 1 N–H and O–H groups in total. The van der Waals surface area contributed by atoms with E-state index in [9.17, 15) is 14.3 Å². The molecule has 1 unspecified atom stereocenters. The van der Waals surface area contributed by atoms with Crippen molar-refractivity contribution in [2.24, 2.45) is 10.2 Å². The highest BCUT2D eigenvalue weighted by atomic mass is 19.1. The lowest BCUT2D eigenvalue weighted by atomic mass is 9.87. The smallest absolute Gasteiger partial charge is 0.333 e. The molecule has 5 nitrogen and oxygen atoms in total. The summed E-state index contributed by atoms with van der Waals surface area (Å²) < 4.78 is 13.7. The van der Waals surface area contributed by atoms with Gasteiger partial charge in [-0.15, -0.1) is 0 Å². The highest BCUT2D eigenvalue weighted by Crippen LogP contribution is 2.38. The van der Waals surface area contributed by atoms with Gasteiger partial charge in [0.1, 0.15) is 5.82 Å². The maximum atomic E-state index is 13.7. The van der Waals surface area contributed by atoms with Crippen LogP contribution in [0.15, 0.2) is 70.5 Å². The molecule has 1 atom stereocenters. The molecule has 24 heavy (non-hydrogen) atoms. The maximum absolute atomic E-state index is 13.7. The molecule has 0 saturated heterocycles. The van der Waals surface area contributed by atoms with Gasteiger partial charge in [0.15, 0.2) is 0 Å². The zero-order valence-corrected chi connectivity index (χ0v) is 13.1. The van der Waals surface area contributed by atoms with Crippen LogP contribution in [0.5, 0.6) is 0 Å². The molecule has 6 heteroatoms. The average molecular weight is 325 g/mol. The van der Waals surface area contributed by atoms with Crippen LogP contribution >= 0.6 is 0 Å². The van der Waals surface area contributed by atoms with E-state index in [1.165, 1.54) is 12.1 Å². The number of fused-ring (bicyclic) bond motifs is 1. The van der Waals surface area contributed by atoms with E-state index in [2.05, 4.69) is 10.2 Å². The van der Waals surface area contributed by atoms with E-state index in [1.54, 1.807) is 36.3 Å². The number of halogens is 1. The molecule has 0 radical (unpaired) electrons. The standard InChI is InChI=1S/C18H16FN3O2/c1-22-11-16(18(23)24)15(14-9-12(19)7-8-17(14)22)10-20-21-13-5-3-2-4-6-13/h2-9,11,15H,10H2,1H3,(H,23,24). The minimum atomic E-state index is -1.04. The molecule has 2 aromatic rings. The number of nitrogens with zero attached hydrogens (tertiary/aromatic N) is 3. The van der Waals surface area contributed by atoms with E-state index in [4.69, 9.17) is 0 Å². The topological polar surface area (TPSA) is 65.3 Å². The summed E-state index contributed by atoms with van der Waals surface area (Å²) >= 11 is 0. The normalized spacial score (nSPS) is 16.8. The van der Waals surface area contributed by atoms with Crippen molar-refractivity contribution < 1.29 is 14.3 Å². The van der Waals surface area contributed by atoms with E-state index in [0.29, 0.717) is 11.3 Å². The minimum Gasteiger partial charge on any atom is -0.478 e. The van der Waals surface area contributed by atoms with Crippen LogP contribution in [0.25, 0.3) is 0 Å². The van der Waals surface area contributed by atoms with Gasteiger partial charge in [-0.25, -0.2) is 9.18 Å². The van der Waals surface area contributed by atoms with Crippen LogP contribution in [-0.4, -0.2) is 24.7 Å². The number of benzene rings is 2. The Morgan fingerprint density at radius 1 is 1.25 bits per heavy atom. The second-order valence-corrected chi connectivity index (χ2v) is 5.52. The predicted octanol–water partition coefficient (Wildman–Crippen LogP) is 4.11. The summed E-state index contributed by atoms with van der Waals surface area (Å²) in [5.74, 6) is -1.99. The number of carboxylic acids is 1. The van der Waals surface area contributed by atoms with Gasteiger partial charge in [0.25, 0.3) is 0 Å². The summed E-state index contributed by atoms with van der Waals surface area (Å²) in [5, 5.41) is 17.7. The SMILES string of the molecule is CN1C=C(C(=O)O)C(CN=Nc2ccccc2)c2cc(F)ccc21. The number of rotatable bonds is 4. The molecule has 1 aliphatic heterocycles. The zero-order valence-electron chi connectivity index (χ0n) is 13.1. The molecule has 0 saturated carbocycles. The number of anilines is 1. The molecule has 1 aliphatic rings. The first kappa shape index (κ1) is 15.9. The molecule has 0 fully saturated rings. The number of aliphatic carboxylic acids is 1. The van der Waals surface area contributed by atoms with Crippen LogP contribution < -0.4 is 4.90 Å². The molecule has 1 heterocycles. The lowest BCUT2D eigenvalue weighted by molar-refractivity contribution is -0.133. The van der Waals surface area contributed by atoms with Gasteiger partial charge in [-0.05, 0) is 35.9 Å². The highest BCUT2D eigenvalue weighted by molar-refractivity contribution is 5.91. The summed E-state index contributed by atoms with van der Waals surface area (Å²) in [6.45, 7) is 0.136. The minimum absolute atomic E-state index is 0.136. The molecule has 0 aliphatic carbocycles. The van der Waals surface area contributed by atoms with Crippen LogP contribution in [0.1, 0.15) is 11.5 Å². The first-order valence-electron chi connectivity index (χ1n) is 7.46. The summed E-state index contributed by atoms with van der Waals surface area (Å²) in [6.07, 6.45) is 1.55. The van der Waals surface area contributed by atoms with Gasteiger partial charge in [0.2, 0.25) is 0 Å². The highest BCUT2D eigenvalue weighted by Gasteiger charge is 2.30. The Hall–Kier alpha value is -3.02. The average Bonchev–Trinajstić information content (AvgIpc) is 2.57. The maximum Gasteiger partial charge on any atom is 0.333 e. The summed E-state index contributed by atoms with van der Waals surface area (Å²) in [5.41, 5.74) is 2.22. The van der Waals surface area contributed by atoms with Crippen molar-refractivity contribution in [3.05, 3.63) is 71.7 Å². The van der Waals surface area contributed by atoms with Crippen LogP contribution in [0.3, 0.4) is 0 Å². The third-order valence-corrected chi connectivity index (χ3v) is 3.91. The van der Waals surface area contributed by atoms with Crippen molar-refractivity contribution in [3.63, 3.8) is 0 Å². The van der Waals surface area contributed by atoms with Crippen molar-refractivity contribution in [1.29, 1.82) is 0 Å². The van der Waals surface area contributed by atoms with Gasteiger partial charge < -0.3 is 10.0 Å². The summed E-state index contributed by atoms with van der Waals surface area (Å²) in [7, 11) is 1.74. The van der Waals surface area contributed by atoms with E-state index >= 15 is 0 Å². The van der Waals surface area contributed by atoms with Crippen molar-refractivity contribution >= 4 is 17.3 Å². The Morgan fingerprint density at radius 2 is 2.00 bits per heavy atom. The van der Waals surface area contributed by atoms with Gasteiger partial charge >= 0.3 is 5.97 Å². The van der Waals surface area contributed by atoms with Crippen LogP contribution in [0.4, 0.5) is 15.8 Å². The van der Waals surface area contributed by atoms with Crippen LogP contribution in [0, 0.1) is 5.82 Å². The fraction of sp³-hybridized carbons (Fsp3) is 0.167. The van der Waals surface area contributed by atoms with E-state index < -0.39 is 17.7 Å². The lowest BCUT2D eigenvalue weighted by Gasteiger charge is -2.30. The Labute approximate surface area is 138 Å². The Kier molecular flexibility index (Phi) is 4.37. The molecular weight excluding hydrogens is 309 g/mol. The number of carbonyl (C=O) groups is 1. The lowest BCUT2D eigenvalue weighted by Crippen LogP contribution is -2.26. The van der Waals surface area contributed by atoms with E-state index in [0.717, 1.165) is 5.69 Å². The zero-order chi connectivity index (χ0) is 17.1. The van der Waals surface area contributed by atoms with Gasteiger partial charge in [-0.1, -0.05) is 18.2 Å². The van der Waals surface area contributed by atoms with Gasteiger partial charge in [-0.3, -0.25) is 0 Å². The molecule has 0 bridgehead atoms. The number of hydrogen-bond acceptors (Lipinski definition) is 4. The van der Waals surface area contributed by atoms with Crippen molar-refractivity contribution in [3.8, 4) is 0 Å². The monoisotopic (exact) mass is 325 g/mol. The largest absolute Gasteiger partial charge is 0.478 e. The fourth-order valence-electron chi connectivity index (χ4n) is 2.76. The van der Waals surface area contributed by atoms with Crippen molar-refractivity contribution in [2.45, 2.75) is 5.92 Å². The fourth-order valence-corrected chi connectivity index (χ4v) is 2.76. The van der Waals surface area contributed by atoms with Gasteiger partial charge in [0.05, 0.1) is 17.8 Å². The third kappa shape index (κ3) is 3.17. The number of azo groups is 1. The first-order valence-corrected chi connectivity index (χ1v) is 7.46. The van der Waals surface area contributed by atoms with Crippen molar-refractivity contribution in [1.82, 2.24) is 0 Å². The molecule has 0 spiro atoms. The number of carboxylic acid groups (broad SMARTS) is 1. The van der Waals surface area contributed by atoms with Crippen LogP contribution in [0.2, 0.25) is 0 Å². The van der Waals surface area contributed by atoms with E-state index in [-0.39, 0.29) is 12.1 Å². The molecule has 0 amide bonds. The molecular formula is C18H16FN3O2. The summed E-state index contributed by atoms with van der Waals surface area (Å²) in [4.78, 5) is 13.3. The van der Waals surface area contributed by atoms with Crippen molar-refractivity contribution in [2.75, 3.05) is 18.5 Å². The molecule has 0 aromatic heterocycles. The van der Waals surface area contributed by atoms with E-state index in [1.807, 2.05) is 18.2 Å². The Bertz CT molecular complexity index is 818. The molecule has 122 valence electrons. The quantitative estimate of drug-likeness (QED) is 0.860. The first-order chi connectivity index (χ1) is 11.6. The third-order valence-electron chi connectivity index (χ3n) is 3.91. The van der Waals surface area contributed by atoms with Crippen LogP contribution in [-0.2, 0) is 4.79 Å². The number of hydrogen-bond donors (Lipinski definition) is 1. The van der Waals surface area contributed by atoms with Gasteiger partial charge in [0, 0.05) is 24.9 Å². The summed E-state index contributed by atoms with van der Waals surface area (Å²) in [6, 6.07) is 13.5. The second-order valence-electron chi connectivity index (χ2n) is 5.52. The second kappa shape index (κ2) is 6.62. The Morgan fingerprint density at radius 3 is 2.71 bits per heavy atom.